The van der Waals surface area contributed by atoms with Crippen molar-refractivity contribution >= 4 is 23.4 Å². The molecule has 0 radical (unpaired) electrons. The van der Waals surface area contributed by atoms with Gasteiger partial charge in [-0.1, -0.05) is 11.6 Å². The molecule has 0 aliphatic carbocycles. The SMILES string of the molecule is COc1cc(C)c(Cl)cc1C(=O)/C=C/C(=O)O. The predicted octanol–water partition coefficient (Wildman–Crippen LogP) is 2.48. The number of carbonyl (C=O) groups is 2. The lowest BCUT2D eigenvalue weighted by Crippen LogP contribution is -2.01. The van der Waals surface area contributed by atoms with Gasteiger partial charge in [0.05, 0.1) is 12.7 Å². The molecule has 0 fully saturated rings. The number of benzene rings is 1. The quantitative estimate of drug-likeness (QED) is 0.662. The number of carboxylic acid groups (broad SMARTS) is 1. The molecule has 0 saturated carbocycles. The van der Waals surface area contributed by atoms with E-state index < -0.39 is 11.8 Å². The molecule has 0 heterocycles. The summed E-state index contributed by atoms with van der Waals surface area (Å²) < 4.78 is 5.05. The molecule has 1 aromatic rings. The third-order valence-corrected chi connectivity index (χ3v) is 2.53. The second-order valence-electron chi connectivity index (χ2n) is 3.34. The molecule has 0 aliphatic heterocycles. The molecule has 4 nitrogen and oxygen atoms in total. The summed E-state index contributed by atoms with van der Waals surface area (Å²) in [5.41, 5.74) is 1.02. The normalized spacial score (nSPS) is 10.5. The van der Waals surface area contributed by atoms with Crippen LogP contribution in [0, 0.1) is 6.92 Å². The summed E-state index contributed by atoms with van der Waals surface area (Å²) in [5.74, 6) is -1.28. The average molecular weight is 255 g/mol. The second kappa shape index (κ2) is 5.50. The van der Waals surface area contributed by atoms with E-state index in [0.717, 1.165) is 17.7 Å². The van der Waals surface area contributed by atoms with Crippen molar-refractivity contribution in [1.29, 1.82) is 0 Å². The highest BCUT2D eigenvalue weighted by molar-refractivity contribution is 6.32. The van der Waals surface area contributed by atoms with Crippen molar-refractivity contribution in [2.75, 3.05) is 7.11 Å². The lowest BCUT2D eigenvalue weighted by atomic mass is 10.1. The molecule has 1 rings (SSSR count). The highest BCUT2D eigenvalue weighted by Gasteiger charge is 2.12. The van der Waals surface area contributed by atoms with Gasteiger partial charge in [0, 0.05) is 11.1 Å². The number of rotatable bonds is 4. The van der Waals surface area contributed by atoms with Crippen LogP contribution in [0.15, 0.2) is 24.3 Å². The number of carboxylic acids is 1. The summed E-state index contributed by atoms with van der Waals surface area (Å²) in [5, 5.41) is 8.87. The van der Waals surface area contributed by atoms with E-state index in [9.17, 15) is 9.59 Å². The van der Waals surface area contributed by atoms with Crippen molar-refractivity contribution in [3.63, 3.8) is 0 Å². The topological polar surface area (TPSA) is 63.6 Å². The summed E-state index contributed by atoms with van der Waals surface area (Å²) in [4.78, 5) is 22.0. The maximum atomic E-state index is 11.7. The minimum atomic E-state index is -1.18. The van der Waals surface area contributed by atoms with E-state index in [1.807, 2.05) is 0 Å². The number of allylic oxidation sites excluding steroid dienone is 1. The van der Waals surface area contributed by atoms with E-state index >= 15 is 0 Å². The number of ether oxygens (including phenoxy) is 1. The monoisotopic (exact) mass is 254 g/mol. The van der Waals surface area contributed by atoms with E-state index in [2.05, 4.69) is 0 Å². The number of hydrogen-bond donors (Lipinski definition) is 1. The van der Waals surface area contributed by atoms with Crippen molar-refractivity contribution in [2.45, 2.75) is 6.92 Å². The molecule has 0 amide bonds. The van der Waals surface area contributed by atoms with Crippen LogP contribution in [0.5, 0.6) is 5.75 Å². The Labute approximate surface area is 103 Å². The largest absolute Gasteiger partial charge is 0.496 e. The van der Waals surface area contributed by atoms with Gasteiger partial charge in [0.2, 0.25) is 0 Å². The highest BCUT2D eigenvalue weighted by atomic mass is 35.5. The summed E-state index contributed by atoms with van der Waals surface area (Å²) in [6.45, 7) is 1.78. The Kier molecular flexibility index (Phi) is 4.29. The first-order valence-electron chi connectivity index (χ1n) is 4.75. The van der Waals surface area contributed by atoms with Crippen LogP contribution in [0.3, 0.4) is 0 Å². The Morgan fingerprint density at radius 2 is 2.00 bits per heavy atom. The van der Waals surface area contributed by atoms with Gasteiger partial charge < -0.3 is 9.84 Å². The molecular formula is C12H11ClO4. The van der Waals surface area contributed by atoms with Crippen molar-refractivity contribution in [1.82, 2.24) is 0 Å². The Morgan fingerprint density at radius 3 is 2.53 bits per heavy atom. The van der Waals surface area contributed by atoms with Gasteiger partial charge in [0.1, 0.15) is 5.75 Å². The molecule has 0 bridgehead atoms. The van der Waals surface area contributed by atoms with Crippen LogP contribution in [0.2, 0.25) is 5.02 Å². The minimum absolute atomic E-state index is 0.237. The predicted molar refractivity (Wildman–Crippen MR) is 63.8 cm³/mol. The summed E-state index contributed by atoms with van der Waals surface area (Å²) in [6.07, 6.45) is 1.74. The fourth-order valence-electron chi connectivity index (χ4n) is 1.25. The summed E-state index contributed by atoms with van der Waals surface area (Å²) in [6, 6.07) is 3.09. The van der Waals surface area contributed by atoms with Crippen LogP contribution in [0.25, 0.3) is 0 Å². The van der Waals surface area contributed by atoms with E-state index in [-0.39, 0.29) is 5.56 Å². The van der Waals surface area contributed by atoms with Crippen LogP contribution in [0.4, 0.5) is 0 Å². The van der Waals surface area contributed by atoms with Gasteiger partial charge in [-0.3, -0.25) is 4.79 Å². The first-order valence-corrected chi connectivity index (χ1v) is 5.13. The standard InChI is InChI=1S/C12H11ClO4/c1-7-5-11(17-2)8(6-9(7)13)10(14)3-4-12(15)16/h3-6H,1-2H3,(H,15,16)/b4-3+. The third-order valence-electron chi connectivity index (χ3n) is 2.12. The third kappa shape index (κ3) is 3.32. The van der Waals surface area contributed by atoms with Gasteiger partial charge in [0.25, 0.3) is 0 Å². The fraction of sp³-hybridized carbons (Fsp3) is 0.167. The summed E-state index contributed by atoms with van der Waals surface area (Å²) >= 11 is 5.90. The Morgan fingerprint density at radius 1 is 1.35 bits per heavy atom. The molecule has 5 heteroatoms. The second-order valence-corrected chi connectivity index (χ2v) is 3.74. The van der Waals surface area contributed by atoms with Crippen molar-refractivity contribution in [3.05, 3.63) is 40.4 Å². The first kappa shape index (κ1) is 13.3. The molecule has 0 atom stereocenters. The maximum absolute atomic E-state index is 11.7. The highest BCUT2D eigenvalue weighted by Crippen LogP contribution is 2.27. The Hall–Kier alpha value is -1.81. The van der Waals surface area contributed by atoms with E-state index in [1.165, 1.54) is 13.2 Å². The number of aliphatic carboxylic acids is 1. The molecule has 1 N–H and O–H groups in total. The van der Waals surface area contributed by atoms with E-state index in [4.69, 9.17) is 21.4 Å². The molecule has 90 valence electrons. The van der Waals surface area contributed by atoms with Gasteiger partial charge in [-0.2, -0.15) is 0 Å². The van der Waals surface area contributed by atoms with Crippen LogP contribution in [0.1, 0.15) is 15.9 Å². The zero-order valence-electron chi connectivity index (χ0n) is 9.36. The van der Waals surface area contributed by atoms with Crippen LogP contribution in [-0.2, 0) is 4.79 Å². The molecule has 0 spiro atoms. The van der Waals surface area contributed by atoms with Gasteiger partial charge >= 0.3 is 5.97 Å². The van der Waals surface area contributed by atoms with Crippen molar-refractivity contribution in [3.8, 4) is 5.75 Å². The minimum Gasteiger partial charge on any atom is -0.496 e. The van der Waals surface area contributed by atoms with Crippen molar-refractivity contribution in [2.24, 2.45) is 0 Å². The number of methoxy groups -OCH3 is 1. The summed E-state index contributed by atoms with van der Waals surface area (Å²) in [7, 11) is 1.43. The van der Waals surface area contributed by atoms with Gasteiger partial charge in [-0.25, -0.2) is 4.79 Å². The van der Waals surface area contributed by atoms with Gasteiger partial charge in [0.15, 0.2) is 5.78 Å². The number of hydrogen-bond acceptors (Lipinski definition) is 3. The lowest BCUT2D eigenvalue weighted by molar-refractivity contribution is -0.131. The zero-order valence-corrected chi connectivity index (χ0v) is 10.1. The van der Waals surface area contributed by atoms with Crippen molar-refractivity contribution < 1.29 is 19.4 Å². The van der Waals surface area contributed by atoms with Crippen LogP contribution in [-0.4, -0.2) is 24.0 Å². The molecular weight excluding hydrogens is 244 g/mol. The Bertz CT molecular complexity index is 492. The van der Waals surface area contributed by atoms with Gasteiger partial charge in [-0.15, -0.1) is 0 Å². The number of carbonyl (C=O) groups excluding carboxylic acids is 1. The number of ketones is 1. The van der Waals surface area contributed by atoms with Crippen LogP contribution < -0.4 is 4.74 Å². The molecule has 17 heavy (non-hydrogen) atoms. The maximum Gasteiger partial charge on any atom is 0.328 e. The molecule has 0 saturated heterocycles. The van der Waals surface area contributed by atoms with E-state index in [1.54, 1.807) is 13.0 Å². The molecule has 1 aromatic carbocycles. The zero-order chi connectivity index (χ0) is 13.0. The first-order chi connectivity index (χ1) is 7.95. The van der Waals surface area contributed by atoms with E-state index in [0.29, 0.717) is 10.8 Å². The molecule has 0 unspecified atom stereocenters. The van der Waals surface area contributed by atoms with Gasteiger partial charge in [-0.05, 0) is 30.7 Å². The average Bonchev–Trinajstić information content (AvgIpc) is 2.28. The number of aryl methyl sites for hydroxylation is 1. The smallest absolute Gasteiger partial charge is 0.328 e. The molecule has 0 aromatic heterocycles. The number of halogens is 1. The lowest BCUT2D eigenvalue weighted by Gasteiger charge is -2.08. The van der Waals surface area contributed by atoms with Crippen LogP contribution >= 0.6 is 11.6 Å². The molecule has 0 aliphatic rings. The fourth-order valence-corrected chi connectivity index (χ4v) is 1.42. The Balaban J connectivity index is 3.16.